The summed E-state index contributed by atoms with van der Waals surface area (Å²) < 4.78 is 93.5. The Bertz CT molecular complexity index is 1370. The summed E-state index contributed by atoms with van der Waals surface area (Å²) in [6.07, 6.45) is -12.0. The highest BCUT2D eigenvalue weighted by molar-refractivity contribution is 6.34. The number of amides is 1. The van der Waals surface area contributed by atoms with E-state index in [1.54, 1.807) is 0 Å². The topological polar surface area (TPSA) is 101 Å². The second-order valence-electron chi connectivity index (χ2n) is 7.71. The van der Waals surface area contributed by atoms with Gasteiger partial charge in [0.1, 0.15) is 23.0 Å². The van der Waals surface area contributed by atoms with Gasteiger partial charge < -0.3 is 15.0 Å². The van der Waals surface area contributed by atoms with Gasteiger partial charge in [-0.3, -0.25) is 14.4 Å². The second-order valence-corrected chi connectivity index (χ2v) is 8.12. The van der Waals surface area contributed by atoms with E-state index in [9.17, 15) is 45.1 Å². The SMILES string of the molecule is O=C(Cc1ccc(NC(=O)c2[nH]cnc2C(=O)CCC(F)(F)F)cc1OC(F)(F)F)c1ccc(F)cc1Cl. The number of anilines is 1. The van der Waals surface area contributed by atoms with Crippen molar-refractivity contribution in [3.63, 3.8) is 0 Å². The number of hydrogen-bond acceptors (Lipinski definition) is 5. The van der Waals surface area contributed by atoms with Gasteiger partial charge in [-0.15, -0.1) is 13.2 Å². The molecule has 3 aromatic rings. The Morgan fingerprint density at radius 3 is 2.34 bits per heavy atom. The fraction of sp³-hybridized carbons (Fsp3) is 0.217. The molecule has 0 atom stereocenters. The maximum Gasteiger partial charge on any atom is 0.573 e. The van der Waals surface area contributed by atoms with Crippen LogP contribution in [0.25, 0.3) is 0 Å². The Morgan fingerprint density at radius 2 is 1.71 bits per heavy atom. The highest BCUT2D eigenvalue weighted by Gasteiger charge is 2.33. The quantitative estimate of drug-likeness (QED) is 0.234. The molecule has 0 bridgehead atoms. The first-order valence-corrected chi connectivity index (χ1v) is 10.8. The number of aromatic nitrogens is 2. The molecule has 0 fully saturated rings. The highest BCUT2D eigenvalue weighted by Crippen LogP contribution is 2.31. The molecular weight excluding hydrogens is 551 g/mol. The number of ketones is 2. The van der Waals surface area contributed by atoms with Crippen molar-refractivity contribution < 1.29 is 49.9 Å². The van der Waals surface area contributed by atoms with Gasteiger partial charge in [-0.05, 0) is 24.3 Å². The lowest BCUT2D eigenvalue weighted by atomic mass is 10.0. The second kappa shape index (κ2) is 11.2. The number of imidazole rings is 1. The molecule has 7 nitrogen and oxygen atoms in total. The molecule has 1 aromatic heterocycles. The molecule has 0 radical (unpaired) electrons. The molecule has 3 rings (SSSR count). The summed E-state index contributed by atoms with van der Waals surface area (Å²) in [5, 5.41) is 1.93. The minimum atomic E-state index is -5.19. The zero-order valence-electron chi connectivity index (χ0n) is 18.8. The maximum atomic E-state index is 13.2. The Morgan fingerprint density at radius 1 is 1.00 bits per heavy atom. The zero-order valence-corrected chi connectivity index (χ0v) is 19.5. The number of H-pyrrole nitrogens is 1. The van der Waals surface area contributed by atoms with Gasteiger partial charge >= 0.3 is 12.5 Å². The van der Waals surface area contributed by atoms with Gasteiger partial charge in [-0.1, -0.05) is 17.7 Å². The Hall–Kier alpha value is -3.94. The van der Waals surface area contributed by atoms with Crippen molar-refractivity contribution in [1.82, 2.24) is 9.97 Å². The van der Waals surface area contributed by atoms with E-state index in [1.807, 2.05) is 0 Å². The largest absolute Gasteiger partial charge is 0.573 e. The number of nitrogens with zero attached hydrogens (tertiary/aromatic N) is 1. The lowest BCUT2D eigenvalue weighted by molar-refractivity contribution is -0.274. The number of ether oxygens (including phenoxy) is 1. The maximum absolute atomic E-state index is 13.2. The van der Waals surface area contributed by atoms with Crippen LogP contribution in [0.4, 0.5) is 36.4 Å². The van der Waals surface area contributed by atoms with Gasteiger partial charge in [0.15, 0.2) is 11.6 Å². The fourth-order valence-electron chi connectivity index (χ4n) is 3.23. The van der Waals surface area contributed by atoms with E-state index in [4.69, 9.17) is 11.6 Å². The van der Waals surface area contributed by atoms with Gasteiger partial charge in [-0.2, -0.15) is 13.2 Å². The summed E-state index contributed by atoms with van der Waals surface area (Å²) in [7, 11) is 0. The van der Waals surface area contributed by atoms with Gasteiger partial charge in [0, 0.05) is 35.7 Å². The van der Waals surface area contributed by atoms with Crippen LogP contribution in [-0.2, 0) is 6.42 Å². The van der Waals surface area contributed by atoms with E-state index < -0.39 is 72.2 Å². The standard InChI is InChI=1S/C23H15ClF7N3O4/c24-15-8-12(25)2-4-14(15)17(36)7-11-1-3-13(9-18(11)38-23(29,30)31)34-21(37)20-19(32-10-33-20)16(35)5-6-22(26,27)28/h1-4,8-10H,5-7H2,(H,32,33)(H,34,37). The molecule has 202 valence electrons. The monoisotopic (exact) mass is 565 g/mol. The van der Waals surface area contributed by atoms with E-state index in [-0.39, 0.29) is 21.8 Å². The third kappa shape index (κ3) is 7.78. The highest BCUT2D eigenvalue weighted by atomic mass is 35.5. The number of nitrogens with one attached hydrogen (secondary N) is 2. The number of alkyl halides is 6. The van der Waals surface area contributed by atoms with Crippen LogP contribution in [0.1, 0.15) is 49.7 Å². The Balaban J connectivity index is 1.83. The molecule has 1 amide bonds. The van der Waals surface area contributed by atoms with Crippen LogP contribution in [0.5, 0.6) is 5.75 Å². The molecule has 2 N–H and O–H groups in total. The number of rotatable bonds is 9. The smallest absolute Gasteiger partial charge is 0.405 e. The molecule has 0 aliphatic heterocycles. The first kappa shape index (κ1) is 28.6. The summed E-state index contributed by atoms with van der Waals surface area (Å²) in [5.41, 5.74) is -1.77. The number of aromatic amines is 1. The van der Waals surface area contributed by atoms with E-state index in [2.05, 4.69) is 20.0 Å². The average molecular weight is 566 g/mol. The van der Waals surface area contributed by atoms with Gasteiger partial charge in [0.2, 0.25) is 0 Å². The zero-order chi connectivity index (χ0) is 28.3. The number of Topliss-reactive ketones (excluding diaryl/α,β-unsaturated/α-hetero) is 2. The van der Waals surface area contributed by atoms with Crippen molar-refractivity contribution in [3.8, 4) is 5.75 Å². The van der Waals surface area contributed by atoms with Gasteiger partial charge in [0.25, 0.3) is 5.91 Å². The number of carbonyl (C=O) groups excluding carboxylic acids is 3. The van der Waals surface area contributed by atoms with Gasteiger partial charge in [-0.25, -0.2) is 9.37 Å². The Labute approximate surface area is 214 Å². The number of benzene rings is 2. The van der Waals surface area contributed by atoms with E-state index in [1.165, 1.54) is 0 Å². The molecule has 0 aliphatic rings. The van der Waals surface area contributed by atoms with E-state index >= 15 is 0 Å². The van der Waals surface area contributed by atoms with E-state index in [0.29, 0.717) is 0 Å². The first-order chi connectivity index (χ1) is 17.6. The lowest BCUT2D eigenvalue weighted by Gasteiger charge is -2.15. The molecule has 0 saturated heterocycles. The lowest BCUT2D eigenvalue weighted by Crippen LogP contribution is -2.20. The summed E-state index contributed by atoms with van der Waals surface area (Å²) in [6, 6.07) is 5.80. The van der Waals surface area contributed by atoms with Crippen LogP contribution in [0.15, 0.2) is 42.7 Å². The van der Waals surface area contributed by atoms with E-state index in [0.717, 1.165) is 42.7 Å². The summed E-state index contributed by atoms with van der Waals surface area (Å²) >= 11 is 5.84. The molecular formula is C23H15ClF7N3O4. The average Bonchev–Trinajstić information content (AvgIpc) is 3.28. The number of carbonyl (C=O) groups is 3. The minimum absolute atomic E-state index is 0.148. The third-order valence-electron chi connectivity index (χ3n) is 4.90. The fourth-order valence-corrected chi connectivity index (χ4v) is 3.50. The van der Waals surface area contributed by atoms with Crippen LogP contribution < -0.4 is 10.1 Å². The van der Waals surface area contributed by atoms with Crippen LogP contribution in [0, 0.1) is 5.82 Å². The predicted molar refractivity (Wildman–Crippen MR) is 119 cm³/mol. The molecule has 0 saturated carbocycles. The summed E-state index contributed by atoms with van der Waals surface area (Å²) in [5.74, 6) is -4.50. The number of hydrogen-bond donors (Lipinski definition) is 2. The molecule has 15 heteroatoms. The summed E-state index contributed by atoms with van der Waals surface area (Å²) in [6.45, 7) is 0. The molecule has 2 aromatic carbocycles. The normalized spacial score (nSPS) is 11.8. The van der Waals surface area contributed by atoms with Crippen LogP contribution >= 0.6 is 11.6 Å². The molecule has 0 spiro atoms. The van der Waals surface area contributed by atoms with Crippen molar-refractivity contribution in [2.45, 2.75) is 31.8 Å². The minimum Gasteiger partial charge on any atom is -0.405 e. The first-order valence-electron chi connectivity index (χ1n) is 10.4. The van der Waals surface area contributed by atoms with Crippen LogP contribution in [0.3, 0.4) is 0 Å². The molecule has 0 unspecified atom stereocenters. The van der Waals surface area contributed by atoms with Crippen LogP contribution in [-0.4, -0.2) is 40.0 Å². The third-order valence-corrected chi connectivity index (χ3v) is 5.21. The molecule has 38 heavy (non-hydrogen) atoms. The van der Waals surface area contributed by atoms with Crippen molar-refractivity contribution in [3.05, 3.63) is 76.1 Å². The predicted octanol–water partition coefficient (Wildman–Crippen LogP) is 6.30. The van der Waals surface area contributed by atoms with Crippen molar-refractivity contribution in [2.75, 3.05) is 5.32 Å². The molecule has 1 heterocycles. The van der Waals surface area contributed by atoms with Crippen molar-refractivity contribution >= 4 is 34.8 Å². The number of halogens is 8. The molecule has 0 aliphatic carbocycles. The van der Waals surface area contributed by atoms with Crippen LogP contribution in [0.2, 0.25) is 5.02 Å². The Kier molecular flexibility index (Phi) is 8.44. The van der Waals surface area contributed by atoms with Gasteiger partial charge in [0.05, 0.1) is 17.8 Å². The van der Waals surface area contributed by atoms with Crippen molar-refractivity contribution in [1.29, 1.82) is 0 Å². The van der Waals surface area contributed by atoms with Crippen molar-refractivity contribution in [2.24, 2.45) is 0 Å². The summed E-state index contributed by atoms with van der Waals surface area (Å²) in [4.78, 5) is 43.1.